The van der Waals surface area contributed by atoms with Crippen LogP contribution in [-0.4, -0.2) is 94.1 Å². The minimum Gasteiger partial charge on any atom is -0.508 e. The highest BCUT2D eigenvalue weighted by Crippen LogP contribution is 2.52. The normalized spacial score (nSPS) is 31.6. The minimum absolute atomic E-state index is 0.0123. The van der Waals surface area contributed by atoms with Crippen molar-refractivity contribution < 1.29 is 39.6 Å². The number of aromatic hydroxyl groups is 1. The maximum Gasteiger partial charge on any atom is 0.238 e. The number of carbonyl (C=O) groups is 4. The Bertz CT molecular complexity index is 1190. The van der Waals surface area contributed by atoms with Crippen LogP contribution >= 0.6 is 0 Å². The molecule has 8 N–H and O–H groups in total. The number of nitrogens with zero attached hydrogens (tertiary/aromatic N) is 1. The van der Waals surface area contributed by atoms with Crippen molar-refractivity contribution in [2.75, 3.05) is 33.0 Å². The average Bonchev–Trinajstić information content (AvgIpc) is 2.77. The van der Waals surface area contributed by atoms with E-state index in [0.717, 1.165) is 0 Å². The average molecular weight is 503 g/mol. The summed E-state index contributed by atoms with van der Waals surface area (Å²) in [5.41, 5.74) is 2.96. The number of primary amides is 1. The van der Waals surface area contributed by atoms with Gasteiger partial charge in [-0.2, -0.15) is 0 Å². The second kappa shape index (κ2) is 8.96. The molecule has 1 aromatic carbocycles. The van der Waals surface area contributed by atoms with E-state index >= 15 is 0 Å². The molecule has 0 bridgehead atoms. The molecule has 194 valence electrons. The topological polar surface area (TPSA) is 203 Å². The summed E-state index contributed by atoms with van der Waals surface area (Å²) >= 11 is 0. The predicted octanol–water partition coefficient (Wildman–Crippen LogP) is -1.56. The highest BCUT2D eigenvalue weighted by Gasteiger charge is 2.65. The number of hydrogen-bond acceptors (Lipinski definition) is 10. The van der Waals surface area contributed by atoms with Gasteiger partial charge in [-0.05, 0) is 57.6 Å². The molecule has 2 amide bonds. The molecule has 6 atom stereocenters. The molecule has 3 aliphatic rings. The quantitative estimate of drug-likeness (QED) is 0.182. The van der Waals surface area contributed by atoms with E-state index in [-0.39, 0.29) is 42.2 Å². The summed E-state index contributed by atoms with van der Waals surface area (Å²) in [6, 6.07) is 1.71. The van der Waals surface area contributed by atoms with E-state index in [9.17, 15) is 39.6 Å². The van der Waals surface area contributed by atoms with Crippen LogP contribution in [0.2, 0.25) is 0 Å². The number of amides is 2. The van der Waals surface area contributed by atoms with Gasteiger partial charge in [0.1, 0.15) is 17.4 Å². The van der Waals surface area contributed by atoms with E-state index < -0.39 is 58.7 Å². The Morgan fingerprint density at radius 3 is 2.47 bits per heavy atom. The van der Waals surface area contributed by atoms with E-state index in [4.69, 9.17) is 5.73 Å². The summed E-state index contributed by atoms with van der Waals surface area (Å²) in [6.07, 6.45) is -1.48. The van der Waals surface area contributed by atoms with Crippen molar-refractivity contribution in [3.05, 3.63) is 34.6 Å². The first-order chi connectivity index (χ1) is 16.8. The highest BCUT2D eigenvalue weighted by atomic mass is 16.3. The number of nitrogens with one attached hydrogen (secondary N) is 2. The van der Waals surface area contributed by atoms with E-state index in [0.29, 0.717) is 11.3 Å². The third kappa shape index (κ3) is 3.68. The number of ketones is 2. The number of aliphatic hydroxyl groups is 3. The molecule has 12 nitrogen and oxygen atoms in total. The zero-order valence-corrected chi connectivity index (χ0v) is 20.1. The smallest absolute Gasteiger partial charge is 0.238 e. The van der Waals surface area contributed by atoms with Gasteiger partial charge in [0.25, 0.3) is 0 Å². The number of nitrogens with two attached hydrogens (primary N) is 1. The van der Waals surface area contributed by atoms with Crippen molar-refractivity contribution in [2.24, 2.45) is 23.5 Å². The van der Waals surface area contributed by atoms with E-state index in [1.807, 2.05) is 0 Å². The predicted molar refractivity (Wildman–Crippen MR) is 126 cm³/mol. The van der Waals surface area contributed by atoms with Gasteiger partial charge >= 0.3 is 0 Å². The van der Waals surface area contributed by atoms with Gasteiger partial charge in [0.15, 0.2) is 17.2 Å². The van der Waals surface area contributed by atoms with Crippen LogP contribution in [0.3, 0.4) is 0 Å². The fraction of sp³-hybridized carbons (Fsp3) is 0.500. The summed E-state index contributed by atoms with van der Waals surface area (Å²) in [6.45, 7) is 0.0823. The lowest BCUT2D eigenvalue weighted by molar-refractivity contribution is -0.172. The molecule has 4 rings (SSSR count). The van der Waals surface area contributed by atoms with Crippen molar-refractivity contribution in [2.45, 2.75) is 30.6 Å². The molecule has 0 radical (unpaired) electrons. The fourth-order valence-corrected chi connectivity index (χ4v) is 5.94. The SMILES string of the molecule is CN[C@@H]1C(O)C(C(N)=O)C(=O)[C@@]2(O)C(O)=C3C(=O)c4c(O)ccc(NC(=O)CN(C)C)c4CC3CC12. The lowest BCUT2D eigenvalue weighted by atomic mass is 9.56. The molecule has 0 aliphatic heterocycles. The van der Waals surface area contributed by atoms with Crippen molar-refractivity contribution in [3.63, 3.8) is 0 Å². The molecular weight excluding hydrogens is 472 g/mol. The molecule has 12 heteroatoms. The van der Waals surface area contributed by atoms with Gasteiger partial charge in [-0.25, -0.2) is 0 Å². The van der Waals surface area contributed by atoms with Gasteiger partial charge < -0.3 is 41.7 Å². The number of carbonyl (C=O) groups excluding carboxylic acids is 4. The third-order valence-electron chi connectivity index (χ3n) is 7.49. The largest absolute Gasteiger partial charge is 0.508 e. The number of allylic oxidation sites excluding steroid dienone is 1. The zero-order chi connectivity index (χ0) is 26.7. The monoisotopic (exact) mass is 502 g/mol. The van der Waals surface area contributed by atoms with Crippen molar-refractivity contribution >= 4 is 29.1 Å². The highest BCUT2D eigenvalue weighted by molar-refractivity contribution is 6.16. The standard InChI is InChI=1S/C24H30N4O8/c1-26-18-11-7-9-6-10-12(27-14(30)8-28(2)3)4-5-13(29)16(10)19(31)15(9)21(33)24(11,36)22(34)17(20(18)32)23(25)35/h4-5,9,11,17-18,20,26,29,32-33,36H,6-8H2,1-3H3,(H2,25,35)(H,27,30)/t9?,11?,17?,18-,20?,24-/m0/s1. The first kappa shape index (κ1) is 25.8. The lowest BCUT2D eigenvalue weighted by Gasteiger charge is -2.52. The van der Waals surface area contributed by atoms with Crippen LogP contribution in [-0.2, 0) is 20.8 Å². The lowest BCUT2D eigenvalue weighted by Crippen LogP contribution is -2.71. The van der Waals surface area contributed by atoms with E-state index in [1.165, 1.54) is 19.2 Å². The Balaban J connectivity index is 1.84. The summed E-state index contributed by atoms with van der Waals surface area (Å²) in [5, 5.41) is 49.5. The summed E-state index contributed by atoms with van der Waals surface area (Å²) in [7, 11) is 4.91. The molecule has 0 heterocycles. The molecule has 1 aromatic rings. The Morgan fingerprint density at radius 2 is 1.89 bits per heavy atom. The van der Waals surface area contributed by atoms with E-state index in [2.05, 4.69) is 10.6 Å². The fourth-order valence-electron chi connectivity index (χ4n) is 5.94. The van der Waals surface area contributed by atoms with Gasteiger partial charge in [0.05, 0.1) is 18.2 Å². The van der Waals surface area contributed by atoms with Crippen LogP contribution in [0.4, 0.5) is 5.69 Å². The number of rotatable bonds is 5. The second-order valence-electron chi connectivity index (χ2n) is 9.92. The number of likely N-dealkylation sites (N-methyl/N-ethyl adjacent to an activating group) is 2. The number of phenolic OH excluding ortho intramolecular Hbond substituents is 1. The molecule has 3 aliphatic carbocycles. The Labute approximate surface area is 206 Å². The molecule has 1 saturated carbocycles. The van der Waals surface area contributed by atoms with Crippen molar-refractivity contribution in [1.82, 2.24) is 10.2 Å². The van der Waals surface area contributed by atoms with Crippen molar-refractivity contribution in [3.8, 4) is 5.75 Å². The number of hydrogen-bond donors (Lipinski definition) is 7. The molecule has 1 fully saturated rings. The maximum atomic E-state index is 13.6. The summed E-state index contributed by atoms with van der Waals surface area (Å²) < 4.78 is 0. The van der Waals surface area contributed by atoms with Crippen molar-refractivity contribution in [1.29, 1.82) is 0 Å². The van der Waals surface area contributed by atoms with E-state index in [1.54, 1.807) is 19.0 Å². The molecular formula is C24H30N4O8. The molecule has 0 spiro atoms. The van der Waals surface area contributed by atoms with Gasteiger partial charge in [-0.1, -0.05) is 0 Å². The number of aliphatic hydroxyl groups excluding tert-OH is 2. The van der Waals surface area contributed by atoms with Gasteiger partial charge in [0, 0.05) is 23.2 Å². The Morgan fingerprint density at radius 1 is 1.22 bits per heavy atom. The van der Waals surface area contributed by atoms with Crippen LogP contribution in [0.25, 0.3) is 0 Å². The van der Waals surface area contributed by atoms with Crippen LogP contribution in [0.1, 0.15) is 22.3 Å². The Hall–Kier alpha value is -3.32. The molecule has 36 heavy (non-hydrogen) atoms. The zero-order valence-electron chi connectivity index (χ0n) is 20.1. The number of anilines is 1. The third-order valence-corrected chi connectivity index (χ3v) is 7.49. The first-order valence-corrected chi connectivity index (χ1v) is 11.5. The molecule has 4 unspecified atom stereocenters. The van der Waals surface area contributed by atoms with Crippen LogP contribution in [0.5, 0.6) is 5.75 Å². The van der Waals surface area contributed by atoms with Gasteiger partial charge in [-0.3, -0.25) is 19.2 Å². The van der Waals surface area contributed by atoms with Gasteiger partial charge in [-0.15, -0.1) is 0 Å². The first-order valence-electron chi connectivity index (χ1n) is 11.5. The van der Waals surface area contributed by atoms with Crippen LogP contribution in [0, 0.1) is 17.8 Å². The number of phenols is 1. The second-order valence-corrected chi connectivity index (χ2v) is 9.92. The molecule has 0 saturated heterocycles. The van der Waals surface area contributed by atoms with Gasteiger partial charge in [0.2, 0.25) is 11.8 Å². The number of benzene rings is 1. The number of fused-ring (bicyclic) bond motifs is 3. The Kier molecular flexibility index (Phi) is 6.41. The van der Waals surface area contributed by atoms with Crippen LogP contribution in [0.15, 0.2) is 23.5 Å². The summed E-state index contributed by atoms with van der Waals surface area (Å²) in [5.74, 6) is -8.40. The van der Waals surface area contributed by atoms with Crippen LogP contribution < -0.4 is 16.4 Å². The number of Topliss-reactive ketones (excluding diaryl/α,β-unsaturated/α-hetero) is 2. The minimum atomic E-state index is -2.64. The summed E-state index contributed by atoms with van der Waals surface area (Å²) in [4.78, 5) is 52.8. The molecule has 0 aromatic heterocycles. The maximum absolute atomic E-state index is 13.6.